The number of halogens is 3. The van der Waals surface area contributed by atoms with Gasteiger partial charge in [0.05, 0.1) is 11.3 Å². The summed E-state index contributed by atoms with van der Waals surface area (Å²) in [5.74, 6) is -4.12. The highest BCUT2D eigenvalue weighted by Gasteiger charge is 2.57. The largest absolute Gasteiger partial charge is 0.481 e. The van der Waals surface area contributed by atoms with Crippen LogP contribution in [0.25, 0.3) is 0 Å². The summed E-state index contributed by atoms with van der Waals surface area (Å²) in [4.78, 5) is 25.8. The summed E-state index contributed by atoms with van der Waals surface area (Å²) < 4.78 is 39.6. The number of carboxylic acids is 1. The minimum Gasteiger partial charge on any atom is -0.481 e. The second-order valence-electron chi connectivity index (χ2n) is 7.31. The number of rotatable bonds is 2. The molecule has 0 aromatic rings. The quantitative estimate of drug-likeness (QED) is 0.845. The molecule has 2 saturated carbocycles. The first-order valence-electron chi connectivity index (χ1n) is 8.34. The van der Waals surface area contributed by atoms with Gasteiger partial charge in [0, 0.05) is 19.0 Å². The average molecular weight is 333 g/mol. The van der Waals surface area contributed by atoms with Crippen molar-refractivity contribution in [2.75, 3.05) is 13.1 Å². The standard InChI is InChI=1S/C16H22F3NO3/c17-16(18,19)12-6-2-1-5-11(12)13(21)20-8-10-4-3-7-15(10,9-20)14(22)23/h10-12H,1-9H2,(H,22,23)/t10-,11?,12?,15+/m0/s1. The van der Waals surface area contributed by atoms with Crippen molar-refractivity contribution in [2.24, 2.45) is 23.2 Å². The van der Waals surface area contributed by atoms with E-state index in [4.69, 9.17) is 0 Å². The number of amides is 1. The molecule has 0 aromatic carbocycles. The molecule has 4 nitrogen and oxygen atoms in total. The summed E-state index contributed by atoms with van der Waals surface area (Å²) in [7, 11) is 0. The van der Waals surface area contributed by atoms with Gasteiger partial charge in [0.2, 0.25) is 5.91 Å². The number of hydrogen-bond acceptors (Lipinski definition) is 2. The lowest BCUT2D eigenvalue weighted by Crippen LogP contribution is -2.45. The van der Waals surface area contributed by atoms with Gasteiger partial charge in [-0.15, -0.1) is 0 Å². The molecular formula is C16H22F3NO3. The molecule has 7 heteroatoms. The number of alkyl halides is 3. The van der Waals surface area contributed by atoms with Crippen LogP contribution in [0.3, 0.4) is 0 Å². The molecule has 2 unspecified atom stereocenters. The van der Waals surface area contributed by atoms with E-state index >= 15 is 0 Å². The van der Waals surface area contributed by atoms with Crippen LogP contribution in [-0.2, 0) is 9.59 Å². The van der Waals surface area contributed by atoms with Crippen LogP contribution in [0.5, 0.6) is 0 Å². The maximum absolute atomic E-state index is 13.2. The van der Waals surface area contributed by atoms with Gasteiger partial charge in [-0.1, -0.05) is 19.3 Å². The number of carboxylic acid groups (broad SMARTS) is 1. The topological polar surface area (TPSA) is 57.6 Å². The van der Waals surface area contributed by atoms with E-state index in [0.29, 0.717) is 25.8 Å². The minimum absolute atomic E-state index is 0.00124. The number of nitrogens with zero attached hydrogens (tertiary/aromatic N) is 1. The van der Waals surface area contributed by atoms with Gasteiger partial charge in [0.1, 0.15) is 0 Å². The number of aliphatic carboxylic acids is 1. The lowest BCUT2D eigenvalue weighted by molar-refractivity contribution is -0.200. The van der Waals surface area contributed by atoms with Crippen molar-refractivity contribution in [3.8, 4) is 0 Å². The molecule has 23 heavy (non-hydrogen) atoms. The highest BCUT2D eigenvalue weighted by molar-refractivity contribution is 5.83. The zero-order valence-electron chi connectivity index (χ0n) is 12.9. The van der Waals surface area contributed by atoms with E-state index < -0.39 is 35.3 Å². The minimum atomic E-state index is -4.36. The summed E-state index contributed by atoms with van der Waals surface area (Å²) in [6.45, 7) is 0.374. The van der Waals surface area contributed by atoms with E-state index in [1.807, 2.05) is 0 Å². The zero-order valence-corrected chi connectivity index (χ0v) is 12.9. The Morgan fingerprint density at radius 2 is 1.78 bits per heavy atom. The highest BCUT2D eigenvalue weighted by Crippen LogP contribution is 2.50. The molecule has 1 N–H and O–H groups in total. The van der Waals surface area contributed by atoms with Gasteiger partial charge in [-0.2, -0.15) is 13.2 Å². The van der Waals surface area contributed by atoms with Crippen LogP contribution >= 0.6 is 0 Å². The smallest absolute Gasteiger partial charge is 0.392 e. The summed E-state index contributed by atoms with van der Waals surface area (Å²) in [6.07, 6.45) is -0.909. The van der Waals surface area contributed by atoms with Crippen molar-refractivity contribution >= 4 is 11.9 Å². The molecule has 1 saturated heterocycles. The van der Waals surface area contributed by atoms with Crippen LogP contribution in [-0.4, -0.2) is 41.1 Å². The fraction of sp³-hybridized carbons (Fsp3) is 0.875. The molecule has 3 rings (SSSR count). The third-order valence-corrected chi connectivity index (χ3v) is 6.11. The third kappa shape index (κ3) is 2.72. The molecule has 130 valence electrons. The molecule has 2 aliphatic carbocycles. The van der Waals surface area contributed by atoms with Gasteiger partial charge >= 0.3 is 12.1 Å². The number of fused-ring (bicyclic) bond motifs is 1. The van der Waals surface area contributed by atoms with E-state index in [1.54, 1.807) is 0 Å². The lowest BCUT2D eigenvalue weighted by atomic mass is 9.78. The zero-order chi connectivity index (χ0) is 16.8. The van der Waals surface area contributed by atoms with E-state index in [0.717, 1.165) is 12.8 Å². The van der Waals surface area contributed by atoms with Crippen LogP contribution in [0.2, 0.25) is 0 Å². The van der Waals surface area contributed by atoms with Gasteiger partial charge in [-0.05, 0) is 31.6 Å². The predicted octanol–water partition coefficient (Wildman–Crippen LogP) is 3.07. The molecule has 3 aliphatic rings. The third-order valence-electron chi connectivity index (χ3n) is 6.11. The lowest BCUT2D eigenvalue weighted by Gasteiger charge is -2.35. The fourth-order valence-corrected chi connectivity index (χ4v) is 4.86. The van der Waals surface area contributed by atoms with Gasteiger partial charge in [-0.3, -0.25) is 9.59 Å². The van der Waals surface area contributed by atoms with Gasteiger partial charge in [-0.25, -0.2) is 0 Å². The molecule has 1 heterocycles. The van der Waals surface area contributed by atoms with E-state index in [-0.39, 0.29) is 25.3 Å². The van der Waals surface area contributed by atoms with Gasteiger partial charge in [0.25, 0.3) is 0 Å². The summed E-state index contributed by atoms with van der Waals surface area (Å²) in [6, 6.07) is 0. The SMILES string of the molecule is O=C(C1CCCCC1C(F)(F)F)N1C[C@@H]2CCC[C@@]2(C(=O)O)C1. The predicted molar refractivity (Wildman–Crippen MR) is 75.5 cm³/mol. The Kier molecular flexibility index (Phi) is 4.09. The number of hydrogen-bond donors (Lipinski definition) is 1. The summed E-state index contributed by atoms with van der Waals surface area (Å²) in [5.41, 5.74) is -0.932. The molecule has 1 amide bonds. The molecule has 0 radical (unpaired) electrons. The first-order chi connectivity index (χ1) is 10.8. The molecular weight excluding hydrogens is 311 g/mol. The number of carbonyl (C=O) groups is 2. The van der Waals surface area contributed by atoms with Crippen LogP contribution in [0.15, 0.2) is 0 Å². The molecule has 0 bridgehead atoms. The monoisotopic (exact) mass is 333 g/mol. The second kappa shape index (κ2) is 5.67. The van der Waals surface area contributed by atoms with Crippen LogP contribution in [0.1, 0.15) is 44.9 Å². The summed E-state index contributed by atoms with van der Waals surface area (Å²) in [5, 5.41) is 9.55. The Balaban J connectivity index is 1.77. The van der Waals surface area contributed by atoms with E-state index in [9.17, 15) is 27.9 Å². The first-order valence-corrected chi connectivity index (χ1v) is 8.34. The van der Waals surface area contributed by atoms with Crippen molar-refractivity contribution < 1.29 is 27.9 Å². The number of carbonyl (C=O) groups excluding carboxylic acids is 1. The molecule has 4 atom stereocenters. The van der Waals surface area contributed by atoms with Crippen molar-refractivity contribution in [2.45, 2.75) is 51.1 Å². The first kappa shape index (κ1) is 16.6. The van der Waals surface area contributed by atoms with Gasteiger partial charge in [0.15, 0.2) is 0 Å². The molecule has 0 aromatic heterocycles. The Morgan fingerprint density at radius 1 is 1.09 bits per heavy atom. The highest BCUT2D eigenvalue weighted by atomic mass is 19.4. The van der Waals surface area contributed by atoms with Crippen LogP contribution < -0.4 is 0 Å². The fourth-order valence-electron chi connectivity index (χ4n) is 4.86. The Morgan fingerprint density at radius 3 is 2.39 bits per heavy atom. The Bertz CT molecular complexity index is 507. The Labute approximate surface area is 133 Å². The normalized spacial score (nSPS) is 37.7. The van der Waals surface area contributed by atoms with E-state index in [1.165, 1.54) is 4.90 Å². The van der Waals surface area contributed by atoms with Crippen LogP contribution in [0, 0.1) is 23.2 Å². The maximum atomic E-state index is 13.2. The van der Waals surface area contributed by atoms with Crippen molar-refractivity contribution in [1.29, 1.82) is 0 Å². The molecule has 3 fully saturated rings. The second-order valence-corrected chi connectivity index (χ2v) is 7.31. The maximum Gasteiger partial charge on any atom is 0.392 e. The van der Waals surface area contributed by atoms with Crippen LogP contribution in [0.4, 0.5) is 13.2 Å². The molecule has 1 aliphatic heterocycles. The van der Waals surface area contributed by atoms with Crippen molar-refractivity contribution in [1.82, 2.24) is 4.90 Å². The Hall–Kier alpha value is -1.27. The van der Waals surface area contributed by atoms with Crippen molar-refractivity contribution in [3.05, 3.63) is 0 Å². The molecule has 0 spiro atoms. The van der Waals surface area contributed by atoms with Gasteiger partial charge < -0.3 is 10.0 Å². The average Bonchev–Trinajstić information content (AvgIpc) is 3.03. The number of likely N-dealkylation sites (tertiary alicyclic amines) is 1. The van der Waals surface area contributed by atoms with Crippen molar-refractivity contribution in [3.63, 3.8) is 0 Å². The summed E-state index contributed by atoms with van der Waals surface area (Å²) >= 11 is 0. The van der Waals surface area contributed by atoms with E-state index in [2.05, 4.69) is 0 Å².